The first kappa shape index (κ1) is 13.9. The van der Waals surface area contributed by atoms with Crippen LogP contribution in [-0.2, 0) is 6.61 Å². The van der Waals surface area contributed by atoms with Crippen LogP contribution in [0.25, 0.3) is 0 Å². The van der Waals surface area contributed by atoms with Crippen LogP contribution >= 0.6 is 0 Å². The van der Waals surface area contributed by atoms with E-state index in [4.69, 9.17) is 9.84 Å². The maximum atomic E-state index is 13.5. The van der Waals surface area contributed by atoms with Crippen LogP contribution in [0.2, 0.25) is 0 Å². The van der Waals surface area contributed by atoms with Crippen LogP contribution in [0.15, 0.2) is 12.1 Å². The van der Waals surface area contributed by atoms with E-state index in [2.05, 4.69) is 0 Å². The van der Waals surface area contributed by atoms with Crippen molar-refractivity contribution in [3.05, 3.63) is 29.3 Å². The summed E-state index contributed by atoms with van der Waals surface area (Å²) in [6.07, 6.45) is 0.472. The molecule has 1 unspecified atom stereocenters. The highest BCUT2D eigenvalue weighted by atomic mass is 19.1. The summed E-state index contributed by atoms with van der Waals surface area (Å²) >= 11 is 0. The lowest BCUT2D eigenvalue weighted by Crippen LogP contribution is -2.16. The first-order valence-electron chi connectivity index (χ1n) is 5.69. The van der Waals surface area contributed by atoms with Gasteiger partial charge in [0.05, 0.1) is 12.7 Å². The lowest BCUT2D eigenvalue weighted by atomic mass is 10.1. The Kier molecular flexibility index (Phi) is 4.87. The van der Waals surface area contributed by atoms with Crippen molar-refractivity contribution < 1.29 is 18.6 Å². The van der Waals surface area contributed by atoms with Crippen molar-refractivity contribution in [1.29, 1.82) is 0 Å². The maximum Gasteiger partial charge on any atom is 0.191 e. The Morgan fingerprint density at radius 2 is 1.71 bits per heavy atom. The SMILES string of the molecule is CC(C)CC(C)Oc1c(F)cc(CO)cc1F. The zero-order valence-electron chi connectivity index (χ0n) is 10.3. The molecular formula is C13H18F2O2. The smallest absolute Gasteiger partial charge is 0.191 e. The van der Waals surface area contributed by atoms with Gasteiger partial charge >= 0.3 is 0 Å². The zero-order chi connectivity index (χ0) is 13.0. The fraction of sp³-hybridized carbons (Fsp3) is 0.538. The molecule has 1 rings (SSSR count). The van der Waals surface area contributed by atoms with Gasteiger partial charge in [-0.15, -0.1) is 0 Å². The van der Waals surface area contributed by atoms with E-state index in [1.807, 2.05) is 13.8 Å². The van der Waals surface area contributed by atoms with Crippen LogP contribution in [0, 0.1) is 17.6 Å². The summed E-state index contributed by atoms with van der Waals surface area (Å²) in [6.45, 7) is 5.41. The van der Waals surface area contributed by atoms with E-state index in [0.29, 0.717) is 5.92 Å². The van der Waals surface area contributed by atoms with Crippen LogP contribution < -0.4 is 4.74 Å². The van der Waals surface area contributed by atoms with Crippen molar-refractivity contribution in [2.24, 2.45) is 5.92 Å². The van der Waals surface area contributed by atoms with E-state index in [1.54, 1.807) is 6.92 Å². The topological polar surface area (TPSA) is 29.5 Å². The van der Waals surface area contributed by atoms with Gasteiger partial charge < -0.3 is 9.84 Å². The average molecular weight is 244 g/mol. The Morgan fingerprint density at radius 3 is 2.12 bits per heavy atom. The van der Waals surface area contributed by atoms with Crippen molar-refractivity contribution in [3.8, 4) is 5.75 Å². The molecule has 0 aliphatic rings. The molecule has 0 heterocycles. The van der Waals surface area contributed by atoms with Gasteiger partial charge in [0.2, 0.25) is 0 Å². The number of benzene rings is 1. The first-order valence-corrected chi connectivity index (χ1v) is 5.69. The molecule has 0 fully saturated rings. The molecular weight excluding hydrogens is 226 g/mol. The molecule has 1 aromatic rings. The Balaban J connectivity index is 2.84. The Bertz CT molecular complexity index is 355. The number of rotatable bonds is 5. The van der Waals surface area contributed by atoms with Gasteiger partial charge in [0.15, 0.2) is 17.4 Å². The molecule has 0 radical (unpaired) electrons. The number of aliphatic hydroxyl groups is 1. The second-order valence-electron chi connectivity index (χ2n) is 4.60. The maximum absolute atomic E-state index is 13.5. The lowest BCUT2D eigenvalue weighted by molar-refractivity contribution is 0.176. The molecule has 0 aromatic heterocycles. The molecule has 17 heavy (non-hydrogen) atoms. The van der Waals surface area contributed by atoms with Gasteiger partial charge in [-0.2, -0.15) is 0 Å². The minimum absolute atomic E-state index is 0.198. The van der Waals surface area contributed by atoms with Crippen molar-refractivity contribution in [3.63, 3.8) is 0 Å². The monoisotopic (exact) mass is 244 g/mol. The minimum atomic E-state index is -0.773. The van der Waals surface area contributed by atoms with Crippen molar-refractivity contribution in [1.82, 2.24) is 0 Å². The second kappa shape index (κ2) is 5.96. The minimum Gasteiger partial charge on any atom is -0.485 e. The van der Waals surface area contributed by atoms with Gasteiger partial charge in [-0.3, -0.25) is 0 Å². The molecule has 2 nitrogen and oxygen atoms in total. The third kappa shape index (κ3) is 3.97. The van der Waals surface area contributed by atoms with E-state index in [9.17, 15) is 8.78 Å². The fourth-order valence-electron chi connectivity index (χ4n) is 1.73. The molecule has 1 atom stereocenters. The van der Waals surface area contributed by atoms with Gasteiger partial charge in [0.1, 0.15) is 0 Å². The lowest BCUT2D eigenvalue weighted by Gasteiger charge is -2.17. The van der Waals surface area contributed by atoms with Gasteiger partial charge in [-0.1, -0.05) is 13.8 Å². The van der Waals surface area contributed by atoms with Crippen LogP contribution in [0.5, 0.6) is 5.75 Å². The standard InChI is InChI=1S/C13H18F2O2/c1-8(2)4-9(3)17-13-11(14)5-10(7-16)6-12(13)15/h5-6,8-9,16H,4,7H2,1-3H3. The highest BCUT2D eigenvalue weighted by molar-refractivity contribution is 5.31. The molecule has 4 heteroatoms. The number of aliphatic hydroxyl groups excluding tert-OH is 1. The van der Waals surface area contributed by atoms with Crippen LogP contribution in [0.3, 0.4) is 0 Å². The molecule has 0 bridgehead atoms. The summed E-state index contributed by atoms with van der Waals surface area (Å²) in [5.41, 5.74) is 0.198. The number of hydrogen-bond donors (Lipinski definition) is 1. The Hall–Kier alpha value is -1.16. The number of hydrogen-bond acceptors (Lipinski definition) is 2. The van der Waals surface area contributed by atoms with Crippen molar-refractivity contribution in [2.75, 3.05) is 0 Å². The quantitative estimate of drug-likeness (QED) is 0.861. The molecule has 96 valence electrons. The Morgan fingerprint density at radius 1 is 1.18 bits per heavy atom. The predicted octanol–water partition coefficient (Wildman–Crippen LogP) is 3.27. The van der Waals surface area contributed by atoms with E-state index in [-0.39, 0.29) is 17.4 Å². The summed E-state index contributed by atoms with van der Waals surface area (Å²) < 4.78 is 32.3. The van der Waals surface area contributed by atoms with E-state index < -0.39 is 18.2 Å². The summed E-state index contributed by atoms with van der Waals surface area (Å²) in [5, 5.41) is 8.80. The molecule has 0 saturated carbocycles. The summed E-state index contributed by atoms with van der Waals surface area (Å²) in [5.74, 6) is -1.52. The zero-order valence-corrected chi connectivity index (χ0v) is 10.3. The van der Waals surface area contributed by atoms with Gasteiger partial charge in [-0.05, 0) is 37.0 Å². The van der Waals surface area contributed by atoms with Crippen molar-refractivity contribution in [2.45, 2.75) is 39.9 Å². The summed E-state index contributed by atoms with van der Waals surface area (Å²) in [6, 6.07) is 2.17. The van der Waals surface area contributed by atoms with E-state index in [0.717, 1.165) is 18.6 Å². The molecule has 0 amide bonds. The first-order chi connectivity index (χ1) is 7.93. The van der Waals surface area contributed by atoms with E-state index >= 15 is 0 Å². The Labute approximate surface area is 100 Å². The van der Waals surface area contributed by atoms with Gasteiger partial charge in [-0.25, -0.2) is 8.78 Å². The third-order valence-electron chi connectivity index (χ3n) is 2.36. The van der Waals surface area contributed by atoms with Crippen LogP contribution in [0.4, 0.5) is 8.78 Å². The molecule has 1 aromatic carbocycles. The van der Waals surface area contributed by atoms with Crippen LogP contribution in [-0.4, -0.2) is 11.2 Å². The normalized spacial score (nSPS) is 12.9. The third-order valence-corrected chi connectivity index (χ3v) is 2.36. The highest BCUT2D eigenvalue weighted by Crippen LogP contribution is 2.25. The average Bonchev–Trinajstić information content (AvgIpc) is 2.22. The molecule has 0 aliphatic heterocycles. The summed E-state index contributed by atoms with van der Waals surface area (Å²) in [7, 11) is 0. The molecule has 0 aliphatic carbocycles. The molecule has 1 N–H and O–H groups in total. The van der Waals surface area contributed by atoms with Gasteiger partial charge in [0.25, 0.3) is 0 Å². The second-order valence-corrected chi connectivity index (χ2v) is 4.60. The largest absolute Gasteiger partial charge is 0.485 e. The highest BCUT2D eigenvalue weighted by Gasteiger charge is 2.16. The van der Waals surface area contributed by atoms with Gasteiger partial charge in [0, 0.05) is 0 Å². The number of halogens is 2. The molecule has 0 saturated heterocycles. The molecule has 0 spiro atoms. The van der Waals surface area contributed by atoms with Crippen LogP contribution in [0.1, 0.15) is 32.8 Å². The summed E-state index contributed by atoms with van der Waals surface area (Å²) in [4.78, 5) is 0. The van der Waals surface area contributed by atoms with Crippen molar-refractivity contribution >= 4 is 0 Å². The predicted molar refractivity (Wildman–Crippen MR) is 61.8 cm³/mol. The fourth-order valence-corrected chi connectivity index (χ4v) is 1.73. The van der Waals surface area contributed by atoms with E-state index in [1.165, 1.54) is 0 Å². The number of ether oxygens (including phenoxy) is 1.